The predicted molar refractivity (Wildman–Crippen MR) is 277 cm³/mol. The van der Waals surface area contributed by atoms with Crippen molar-refractivity contribution in [1.82, 2.24) is 24.7 Å². The highest BCUT2D eigenvalue weighted by Crippen LogP contribution is 2.46. The van der Waals surface area contributed by atoms with Gasteiger partial charge in [0.05, 0.1) is 16.8 Å². The Kier molecular flexibility index (Phi) is 13.2. The Morgan fingerprint density at radius 3 is 2.37 bits per heavy atom. The standard InChI is InChI=1S/C57H67FN8O5/c1-34-27-40(29-46(58)53(34)39-16-20-63(21-17-39)36(3)43-32-44-47(15-19-60-54(44)35(43)2)65-22-18-41(59-6)30-52(65)69)50(67)28-37-7-9-38(10-8-37)33-62-23-25-64(26-24-62)42-11-12-48-45(31-42)57(4,5)56(71)66(48)49-13-14-51(68)61-55(49)70/h11-12,15-16,18-19,22,27,29-32,35-38,49,59H,7-10,13-14,17,20-21,23-26,28,33H2,1-6H3,(H,61,68,70)/t35?,36-,37?,38?,49?/m0/s1. The number of Topliss-reactive ketones (excluding diaryl/α,β-unsaturated/α-hetero) is 1. The molecule has 372 valence electrons. The summed E-state index contributed by atoms with van der Waals surface area (Å²) in [6.45, 7) is 16.3. The van der Waals surface area contributed by atoms with Gasteiger partial charge in [-0.25, -0.2) is 4.39 Å². The van der Waals surface area contributed by atoms with E-state index >= 15 is 4.39 Å². The van der Waals surface area contributed by atoms with Gasteiger partial charge in [0.2, 0.25) is 17.7 Å². The fourth-order valence-electron chi connectivity index (χ4n) is 12.5. The third kappa shape index (κ3) is 9.18. The Labute approximate surface area is 416 Å². The van der Waals surface area contributed by atoms with Crippen LogP contribution in [0.1, 0.15) is 123 Å². The van der Waals surface area contributed by atoms with Crippen molar-refractivity contribution in [3.8, 4) is 5.69 Å². The van der Waals surface area contributed by atoms with E-state index in [9.17, 15) is 24.0 Å². The molecule has 13 nitrogen and oxygen atoms in total. The van der Waals surface area contributed by atoms with Crippen molar-refractivity contribution in [3.05, 3.63) is 122 Å². The first-order valence-electron chi connectivity index (χ1n) is 25.8. The quantitative estimate of drug-likeness (QED) is 0.106. The molecule has 6 heterocycles. The number of aromatic nitrogens is 2. The molecule has 1 saturated carbocycles. The van der Waals surface area contributed by atoms with Gasteiger partial charge in [0, 0.05) is 130 Å². The number of nitrogens with zero attached hydrogens (tertiary/aromatic N) is 6. The average Bonchev–Trinajstić information content (AvgIpc) is 3.80. The SMILES string of the molecule is CNc1ccn(-c2ccnc3c2C=C([C@H](C)N2CC=C(c4c(C)cc(C(=O)CC5CCC(CN6CCN(c7ccc8c(c7)C(C)(C)C(=O)N8C7CCC(=O)NC7=O)CC6)CC5)cc4F)CC2)C3C)c(=O)c1. The van der Waals surface area contributed by atoms with Crippen molar-refractivity contribution in [2.24, 2.45) is 11.8 Å². The number of aryl methyl sites for hydroxylation is 1. The third-order valence-electron chi connectivity index (χ3n) is 16.8. The summed E-state index contributed by atoms with van der Waals surface area (Å²) in [5.74, 6) is -0.152. The minimum Gasteiger partial charge on any atom is -0.388 e. The molecule has 0 spiro atoms. The number of benzene rings is 2. The lowest BCUT2D eigenvalue weighted by atomic mass is 9.79. The summed E-state index contributed by atoms with van der Waals surface area (Å²) in [7, 11) is 1.80. The number of imide groups is 1. The number of anilines is 3. The molecule has 71 heavy (non-hydrogen) atoms. The van der Waals surface area contributed by atoms with E-state index in [4.69, 9.17) is 4.98 Å². The molecule has 4 aromatic rings. The Morgan fingerprint density at radius 2 is 1.68 bits per heavy atom. The van der Waals surface area contributed by atoms with E-state index in [1.807, 2.05) is 45.0 Å². The topological polar surface area (TPSA) is 140 Å². The summed E-state index contributed by atoms with van der Waals surface area (Å²) in [5.41, 5.74) is 9.49. The Bertz CT molecular complexity index is 2900. The van der Waals surface area contributed by atoms with Crippen LogP contribution in [0, 0.1) is 24.6 Å². The zero-order chi connectivity index (χ0) is 49.9. The fraction of sp³-hybridized carbons (Fsp3) is 0.474. The molecule has 2 aromatic heterocycles. The van der Waals surface area contributed by atoms with E-state index in [0.29, 0.717) is 48.8 Å². The minimum atomic E-state index is -0.782. The van der Waals surface area contributed by atoms with Crippen LogP contribution in [0.15, 0.2) is 77.4 Å². The summed E-state index contributed by atoms with van der Waals surface area (Å²) in [6, 6.07) is 14.3. The number of ketones is 1. The highest BCUT2D eigenvalue weighted by atomic mass is 19.1. The fourth-order valence-corrected chi connectivity index (χ4v) is 12.5. The van der Waals surface area contributed by atoms with Crippen molar-refractivity contribution in [2.45, 2.75) is 109 Å². The van der Waals surface area contributed by atoms with Gasteiger partial charge in [0.25, 0.3) is 5.56 Å². The molecule has 14 heteroatoms. The molecule has 3 atom stereocenters. The monoisotopic (exact) mass is 963 g/mol. The lowest BCUT2D eigenvalue weighted by Gasteiger charge is -2.39. The van der Waals surface area contributed by atoms with Crippen molar-refractivity contribution in [1.29, 1.82) is 0 Å². The molecule has 2 aromatic carbocycles. The van der Waals surface area contributed by atoms with E-state index in [2.05, 4.69) is 63.5 Å². The highest BCUT2D eigenvalue weighted by Gasteiger charge is 2.49. The smallest absolute Gasteiger partial charge is 0.257 e. The molecule has 10 rings (SSSR count). The van der Waals surface area contributed by atoms with Gasteiger partial charge in [-0.15, -0.1) is 0 Å². The van der Waals surface area contributed by atoms with Crippen LogP contribution < -0.4 is 26.0 Å². The molecule has 0 radical (unpaired) electrons. The molecule has 2 aliphatic carbocycles. The number of piperazine rings is 1. The summed E-state index contributed by atoms with van der Waals surface area (Å²) >= 11 is 0. The van der Waals surface area contributed by atoms with Crippen LogP contribution in [-0.2, 0) is 19.8 Å². The van der Waals surface area contributed by atoms with Crippen molar-refractivity contribution in [3.63, 3.8) is 0 Å². The Morgan fingerprint density at radius 1 is 0.915 bits per heavy atom. The predicted octanol–water partition coefficient (Wildman–Crippen LogP) is 8.03. The van der Waals surface area contributed by atoms with Gasteiger partial charge in [-0.05, 0) is 149 Å². The summed E-state index contributed by atoms with van der Waals surface area (Å²) in [6.07, 6.45) is 13.8. The first kappa shape index (κ1) is 48.4. The average molecular weight is 963 g/mol. The minimum absolute atomic E-state index is 0.0243. The third-order valence-corrected chi connectivity index (χ3v) is 16.8. The molecular weight excluding hydrogens is 896 g/mol. The lowest BCUT2D eigenvalue weighted by Crippen LogP contribution is -2.55. The van der Waals surface area contributed by atoms with E-state index in [1.165, 1.54) is 11.6 Å². The summed E-state index contributed by atoms with van der Waals surface area (Å²) in [4.78, 5) is 78.7. The van der Waals surface area contributed by atoms with Crippen LogP contribution in [-0.4, -0.2) is 108 Å². The van der Waals surface area contributed by atoms with Gasteiger partial charge in [0.1, 0.15) is 11.9 Å². The molecule has 2 unspecified atom stereocenters. The van der Waals surface area contributed by atoms with Gasteiger partial charge in [-0.3, -0.25) is 53.5 Å². The van der Waals surface area contributed by atoms with Crippen molar-refractivity contribution < 1.29 is 23.6 Å². The number of carbonyl (C=O) groups excluding carboxylic acids is 4. The largest absolute Gasteiger partial charge is 0.388 e. The van der Waals surface area contributed by atoms with Crippen LogP contribution in [0.2, 0.25) is 0 Å². The van der Waals surface area contributed by atoms with Gasteiger partial charge in [-0.2, -0.15) is 0 Å². The number of fused-ring (bicyclic) bond motifs is 2. The molecule has 0 bridgehead atoms. The second-order valence-electron chi connectivity index (χ2n) is 21.4. The second-order valence-corrected chi connectivity index (χ2v) is 21.4. The van der Waals surface area contributed by atoms with Crippen LogP contribution in [0.5, 0.6) is 0 Å². The number of pyridine rings is 2. The maximum atomic E-state index is 16.1. The molecular formula is C57H67FN8O5. The Hall–Kier alpha value is -6.25. The number of amides is 3. The maximum Gasteiger partial charge on any atom is 0.257 e. The molecule has 3 amide bonds. The molecule has 3 fully saturated rings. The molecule has 2 N–H and O–H groups in total. The molecule has 4 aliphatic heterocycles. The van der Waals surface area contributed by atoms with Crippen molar-refractivity contribution >= 4 is 52.2 Å². The highest BCUT2D eigenvalue weighted by molar-refractivity contribution is 6.14. The summed E-state index contributed by atoms with van der Waals surface area (Å²) < 4.78 is 17.8. The van der Waals surface area contributed by atoms with Crippen LogP contribution in [0.3, 0.4) is 0 Å². The number of nitrogens with one attached hydrogen (secondary N) is 2. The normalized spacial score (nSPS) is 24.0. The first-order valence-corrected chi connectivity index (χ1v) is 25.8. The van der Waals surface area contributed by atoms with E-state index in [0.717, 1.165) is 116 Å². The molecule has 2 saturated heterocycles. The van der Waals surface area contributed by atoms with Crippen LogP contribution >= 0.6 is 0 Å². The van der Waals surface area contributed by atoms with E-state index < -0.39 is 17.4 Å². The van der Waals surface area contributed by atoms with E-state index in [-0.39, 0.29) is 47.4 Å². The van der Waals surface area contributed by atoms with Crippen LogP contribution in [0.4, 0.5) is 21.5 Å². The zero-order valence-corrected chi connectivity index (χ0v) is 42.0. The number of hydrogen-bond acceptors (Lipinski definition) is 10. The van der Waals surface area contributed by atoms with Gasteiger partial charge in [0.15, 0.2) is 5.78 Å². The first-order chi connectivity index (χ1) is 34.1. The molecule has 6 aliphatic rings. The van der Waals surface area contributed by atoms with Gasteiger partial charge in [-0.1, -0.05) is 13.0 Å². The number of carbonyl (C=O) groups is 4. The Balaban J connectivity index is 0.699. The number of rotatable bonds is 12. The van der Waals surface area contributed by atoms with Crippen molar-refractivity contribution in [2.75, 3.05) is 68.0 Å². The van der Waals surface area contributed by atoms with Crippen LogP contribution in [0.25, 0.3) is 17.3 Å². The number of hydrogen-bond donors (Lipinski definition) is 2. The van der Waals surface area contributed by atoms with E-state index in [1.54, 1.807) is 35.0 Å². The lowest BCUT2D eigenvalue weighted by molar-refractivity contribution is -0.136. The second kappa shape index (κ2) is 19.4. The zero-order valence-electron chi connectivity index (χ0n) is 42.0. The number of halogens is 1. The van der Waals surface area contributed by atoms with Gasteiger partial charge >= 0.3 is 0 Å². The maximum absolute atomic E-state index is 16.1. The number of piperidine rings is 1. The van der Waals surface area contributed by atoms with Gasteiger partial charge < -0.3 is 10.2 Å². The summed E-state index contributed by atoms with van der Waals surface area (Å²) in [5, 5.41) is 5.44.